The molecule has 0 N–H and O–H groups in total. The number of carbonyl (C=O) groups excluding carboxylic acids is 1. The van der Waals surface area contributed by atoms with E-state index in [0.29, 0.717) is 19.4 Å². The Bertz CT molecular complexity index is 774. The lowest BCUT2D eigenvalue weighted by Crippen LogP contribution is -2.26. The Balaban J connectivity index is 2.14. The van der Waals surface area contributed by atoms with Gasteiger partial charge in [0.1, 0.15) is 16.9 Å². The maximum Gasteiger partial charge on any atom is 0.305 e. The molecule has 2 aromatic carbocycles. The van der Waals surface area contributed by atoms with Gasteiger partial charge in [-0.15, -0.1) is 0 Å². The molecule has 2 aromatic rings. The van der Waals surface area contributed by atoms with E-state index in [1.54, 1.807) is 14.2 Å². The summed E-state index contributed by atoms with van der Waals surface area (Å²) in [5.41, 5.74) is 1.14. The van der Waals surface area contributed by atoms with Gasteiger partial charge < -0.3 is 14.2 Å². The van der Waals surface area contributed by atoms with Crippen molar-refractivity contribution in [2.45, 2.75) is 50.9 Å². The number of unbranched alkanes of at least 4 members (excludes halogenated alkanes) is 3. The first-order chi connectivity index (χ1) is 14.6. The molecule has 0 heterocycles. The first-order valence-corrected chi connectivity index (χ1v) is 10.5. The molecule has 0 radical (unpaired) electrons. The van der Waals surface area contributed by atoms with Crippen molar-refractivity contribution >= 4 is 5.97 Å². The van der Waals surface area contributed by atoms with E-state index in [9.17, 15) is 10.1 Å². The summed E-state index contributed by atoms with van der Waals surface area (Å²) in [4.78, 5) is 11.5. The quantitative estimate of drug-likeness (QED) is 0.346. The molecular weight excluding hydrogens is 378 g/mol. The van der Waals surface area contributed by atoms with Crippen molar-refractivity contribution in [3.05, 3.63) is 59.7 Å². The third-order valence-corrected chi connectivity index (χ3v) is 5.34. The molecule has 5 nitrogen and oxygen atoms in total. The average Bonchev–Trinajstić information content (AvgIpc) is 2.79. The molecule has 5 heteroatoms. The standard InChI is InChI=1S/C25H31NO4/c1-4-30-24(27)9-7-5-6-8-18-25(19-26,20-10-14-22(28-2)15-11-20)21-12-16-23(29-3)17-13-21/h10-17H,4-9,18H2,1-3H3. The van der Waals surface area contributed by atoms with Gasteiger partial charge in [-0.25, -0.2) is 0 Å². The Hall–Kier alpha value is -3.00. The number of benzene rings is 2. The molecule has 0 fully saturated rings. The number of nitriles is 1. The van der Waals surface area contributed by atoms with E-state index in [-0.39, 0.29) is 5.97 Å². The second-order valence-corrected chi connectivity index (χ2v) is 7.19. The van der Waals surface area contributed by atoms with Crippen molar-refractivity contribution in [1.82, 2.24) is 0 Å². The summed E-state index contributed by atoms with van der Waals surface area (Å²) in [7, 11) is 3.26. The number of hydrogen-bond acceptors (Lipinski definition) is 5. The summed E-state index contributed by atoms with van der Waals surface area (Å²) in [6.45, 7) is 2.24. The third-order valence-electron chi connectivity index (χ3n) is 5.34. The maximum absolute atomic E-state index is 11.5. The van der Waals surface area contributed by atoms with Crippen LogP contribution in [-0.4, -0.2) is 26.8 Å². The highest BCUT2D eigenvalue weighted by atomic mass is 16.5. The number of methoxy groups -OCH3 is 2. The highest BCUT2D eigenvalue weighted by Gasteiger charge is 2.34. The summed E-state index contributed by atoms with van der Waals surface area (Å²) in [6.07, 6.45) is 4.73. The van der Waals surface area contributed by atoms with Gasteiger partial charge in [0.2, 0.25) is 0 Å². The van der Waals surface area contributed by atoms with Gasteiger partial charge in [0, 0.05) is 6.42 Å². The van der Waals surface area contributed by atoms with Gasteiger partial charge in [0.05, 0.1) is 26.9 Å². The van der Waals surface area contributed by atoms with Gasteiger partial charge in [-0.1, -0.05) is 43.5 Å². The van der Waals surface area contributed by atoms with Crippen molar-refractivity contribution in [1.29, 1.82) is 5.26 Å². The lowest BCUT2D eigenvalue weighted by Gasteiger charge is -2.28. The van der Waals surface area contributed by atoms with Crippen LogP contribution in [0.25, 0.3) is 0 Å². The normalized spacial score (nSPS) is 10.9. The average molecular weight is 410 g/mol. The summed E-state index contributed by atoms with van der Waals surface area (Å²) in [5.74, 6) is 1.39. The predicted molar refractivity (Wildman–Crippen MR) is 117 cm³/mol. The molecule has 0 spiro atoms. The molecule has 0 saturated heterocycles. The monoisotopic (exact) mass is 409 g/mol. The smallest absolute Gasteiger partial charge is 0.305 e. The van der Waals surface area contributed by atoms with E-state index >= 15 is 0 Å². The number of hydrogen-bond donors (Lipinski definition) is 0. The van der Waals surface area contributed by atoms with Gasteiger partial charge in [0.15, 0.2) is 0 Å². The van der Waals surface area contributed by atoms with E-state index in [0.717, 1.165) is 48.3 Å². The number of rotatable bonds is 12. The Morgan fingerprint density at radius 3 is 1.80 bits per heavy atom. The van der Waals surface area contributed by atoms with Crippen LogP contribution in [0, 0.1) is 11.3 Å². The van der Waals surface area contributed by atoms with Crippen molar-refractivity contribution in [3.8, 4) is 17.6 Å². The Morgan fingerprint density at radius 2 is 1.37 bits per heavy atom. The molecule has 160 valence electrons. The van der Waals surface area contributed by atoms with Crippen LogP contribution in [0.15, 0.2) is 48.5 Å². The second-order valence-electron chi connectivity index (χ2n) is 7.19. The molecule has 0 aliphatic carbocycles. The Kier molecular flexibility index (Phi) is 9.21. The molecular formula is C25H31NO4. The number of ether oxygens (including phenoxy) is 3. The van der Waals surface area contributed by atoms with Crippen molar-refractivity contribution in [2.24, 2.45) is 0 Å². The summed E-state index contributed by atoms with van der Waals surface area (Å²) < 4.78 is 15.5. The van der Waals surface area contributed by atoms with E-state index in [1.807, 2.05) is 55.5 Å². The molecule has 0 aromatic heterocycles. The van der Waals surface area contributed by atoms with Crippen molar-refractivity contribution < 1.29 is 19.0 Å². The van der Waals surface area contributed by atoms with Gasteiger partial charge in [-0.05, 0) is 55.2 Å². The van der Waals surface area contributed by atoms with E-state index in [4.69, 9.17) is 14.2 Å². The molecule has 0 atom stereocenters. The summed E-state index contributed by atoms with van der Waals surface area (Å²) in [5, 5.41) is 10.3. The van der Waals surface area contributed by atoms with Crippen LogP contribution in [0.5, 0.6) is 11.5 Å². The summed E-state index contributed by atoms with van der Waals surface area (Å²) in [6, 6.07) is 18.0. The molecule has 0 amide bonds. The number of carbonyl (C=O) groups is 1. The lowest BCUT2D eigenvalue weighted by atomic mass is 9.72. The molecule has 30 heavy (non-hydrogen) atoms. The van der Waals surface area contributed by atoms with Crippen LogP contribution in [0.4, 0.5) is 0 Å². The molecule has 0 unspecified atom stereocenters. The van der Waals surface area contributed by atoms with Crippen LogP contribution < -0.4 is 9.47 Å². The fraction of sp³-hybridized carbons (Fsp3) is 0.440. The van der Waals surface area contributed by atoms with Crippen LogP contribution in [-0.2, 0) is 14.9 Å². The minimum atomic E-state index is -0.750. The van der Waals surface area contributed by atoms with E-state index in [1.165, 1.54) is 0 Å². The van der Waals surface area contributed by atoms with E-state index < -0.39 is 5.41 Å². The SMILES string of the molecule is CCOC(=O)CCCCCCC(C#N)(c1ccc(OC)cc1)c1ccc(OC)cc1. The summed E-state index contributed by atoms with van der Waals surface area (Å²) >= 11 is 0. The molecule has 0 aliphatic heterocycles. The van der Waals surface area contributed by atoms with Crippen LogP contribution in [0.1, 0.15) is 56.6 Å². The third kappa shape index (κ3) is 6.00. The zero-order valence-electron chi connectivity index (χ0n) is 18.1. The second kappa shape index (κ2) is 11.9. The van der Waals surface area contributed by atoms with Crippen LogP contribution in [0.2, 0.25) is 0 Å². The van der Waals surface area contributed by atoms with Gasteiger partial charge in [0.25, 0.3) is 0 Å². The topological polar surface area (TPSA) is 68.6 Å². The molecule has 0 bridgehead atoms. The maximum atomic E-state index is 11.5. The molecule has 0 aliphatic rings. The van der Waals surface area contributed by atoms with E-state index in [2.05, 4.69) is 6.07 Å². The fourth-order valence-corrected chi connectivity index (χ4v) is 3.64. The van der Waals surface area contributed by atoms with Crippen molar-refractivity contribution in [2.75, 3.05) is 20.8 Å². The minimum absolute atomic E-state index is 0.139. The fourth-order valence-electron chi connectivity index (χ4n) is 3.64. The zero-order valence-corrected chi connectivity index (χ0v) is 18.1. The highest BCUT2D eigenvalue weighted by molar-refractivity contribution is 5.69. The lowest BCUT2D eigenvalue weighted by molar-refractivity contribution is -0.143. The van der Waals surface area contributed by atoms with Gasteiger partial charge in [-0.2, -0.15) is 5.26 Å². The first kappa shape index (κ1) is 23.3. The highest BCUT2D eigenvalue weighted by Crippen LogP contribution is 2.38. The predicted octanol–water partition coefficient (Wildman–Crippen LogP) is 5.42. The Labute approximate surface area is 179 Å². The van der Waals surface area contributed by atoms with Crippen molar-refractivity contribution in [3.63, 3.8) is 0 Å². The van der Waals surface area contributed by atoms with Gasteiger partial charge in [-0.3, -0.25) is 4.79 Å². The molecule has 2 rings (SSSR count). The first-order valence-electron chi connectivity index (χ1n) is 10.5. The largest absolute Gasteiger partial charge is 0.497 e. The number of nitrogens with zero attached hydrogens (tertiary/aromatic N) is 1. The van der Waals surface area contributed by atoms with Gasteiger partial charge >= 0.3 is 5.97 Å². The van der Waals surface area contributed by atoms with Crippen LogP contribution >= 0.6 is 0 Å². The van der Waals surface area contributed by atoms with Crippen LogP contribution in [0.3, 0.4) is 0 Å². The molecule has 0 saturated carbocycles. The number of esters is 1. The minimum Gasteiger partial charge on any atom is -0.497 e. The zero-order chi connectivity index (χ0) is 21.8. The Morgan fingerprint density at radius 1 is 0.867 bits per heavy atom.